The van der Waals surface area contributed by atoms with Gasteiger partial charge >= 0.3 is 0 Å². The van der Waals surface area contributed by atoms with Crippen molar-refractivity contribution in [3.8, 4) is 0 Å². The second-order valence-electron chi connectivity index (χ2n) is 7.46. The number of carbonyl (C=O) groups is 1. The topological polar surface area (TPSA) is 96.6 Å². The van der Waals surface area contributed by atoms with Crippen LogP contribution in [0.15, 0.2) is 45.9 Å². The van der Waals surface area contributed by atoms with E-state index >= 15 is 0 Å². The summed E-state index contributed by atoms with van der Waals surface area (Å²) in [6.45, 7) is 4.68. The van der Waals surface area contributed by atoms with Gasteiger partial charge in [-0.25, -0.2) is 8.42 Å². The molecule has 9 heteroatoms. The number of aryl methyl sites for hydroxylation is 2. The van der Waals surface area contributed by atoms with E-state index in [1.165, 1.54) is 4.31 Å². The Balaban J connectivity index is 1.48. The molecular formula is C21H24N4O4S. The third kappa shape index (κ3) is 3.82. The highest BCUT2D eigenvalue weighted by atomic mass is 32.2. The average Bonchev–Trinajstić information content (AvgIpc) is 2.93. The molecule has 8 nitrogen and oxygen atoms in total. The van der Waals surface area contributed by atoms with Crippen LogP contribution in [0.3, 0.4) is 0 Å². The van der Waals surface area contributed by atoms with Gasteiger partial charge in [-0.3, -0.25) is 9.78 Å². The molecule has 3 aromatic rings. The molecule has 0 saturated carbocycles. The van der Waals surface area contributed by atoms with Crippen molar-refractivity contribution < 1.29 is 17.7 Å². The van der Waals surface area contributed by atoms with Crippen LogP contribution in [-0.2, 0) is 21.2 Å². The van der Waals surface area contributed by atoms with Gasteiger partial charge in [0.1, 0.15) is 10.6 Å². The van der Waals surface area contributed by atoms with Crippen LogP contribution < -0.4 is 0 Å². The van der Waals surface area contributed by atoms with E-state index in [0.29, 0.717) is 31.7 Å². The minimum absolute atomic E-state index is 0.0234. The van der Waals surface area contributed by atoms with Crippen molar-refractivity contribution in [3.63, 3.8) is 0 Å². The van der Waals surface area contributed by atoms with Gasteiger partial charge in [0.2, 0.25) is 15.9 Å². The average molecular weight is 429 g/mol. The first-order valence-corrected chi connectivity index (χ1v) is 11.4. The van der Waals surface area contributed by atoms with Crippen LogP contribution in [0.25, 0.3) is 10.9 Å². The Kier molecular flexibility index (Phi) is 5.57. The van der Waals surface area contributed by atoms with Crippen LogP contribution >= 0.6 is 0 Å². The Morgan fingerprint density at radius 1 is 1.10 bits per heavy atom. The van der Waals surface area contributed by atoms with E-state index in [2.05, 4.69) is 10.1 Å². The summed E-state index contributed by atoms with van der Waals surface area (Å²) in [5.41, 5.74) is 2.06. The van der Waals surface area contributed by atoms with Crippen LogP contribution in [-0.4, -0.2) is 59.8 Å². The molecule has 1 fully saturated rings. The summed E-state index contributed by atoms with van der Waals surface area (Å²) in [7, 11) is -3.71. The minimum atomic E-state index is -3.71. The molecule has 0 aliphatic carbocycles. The molecule has 4 rings (SSSR count). The Labute approximate surface area is 175 Å². The van der Waals surface area contributed by atoms with Crippen LogP contribution in [0, 0.1) is 13.8 Å². The standard InChI is InChI=1S/C21H24N4O4S/c1-15-21(16(2)29-23-15)30(27,28)25-11-5-10-24(12-13-25)19(26)14-18-7-3-6-17-8-4-9-22-20(17)18/h3-4,6-9H,5,10-14H2,1-2H3. The Bertz CT molecular complexity index is 1160. The molecule has 30 heavy (non-hydrogen) atoms. The van der Waals surface area contributed by atoms with E-state index in [-0.39, 0.29) is 29.5 Å². The SMILES string of the molecule is Cc1noc(C)c1S(=O)(=O)N1CCCN(C(=O)Cc2cccc3cccnc23)CC1. The van der Waals surface area contributed by atoms with Gasteiger partial charge in [0.15, 0.2) is 5.76 Å². The van der Waals surface area contributed by atoms with Crippen LogP contribution in [0.5, 0.6) is 0 Å². The zero-order valence-electron chi connectivity index (χ0n) is 17.0. The van der Waals surface area contributed by atoms with Gasteiger partial charge in [0.05, 0.1) is 11.9 Å². The first kappa shape index (κ1) is 20.5. The van der Waals surface area contributed by atoms with Gasteiger partial charge in [0, 0.05) is 37.8 Å². The number of sulfonamides is 1. The van der Waals surface area contributed by atoms with Gasteiger partial charge < -0.3 is 9.42 Å². The molecule has 0 atom stereocenters. The predicted octanol–water partition coefficient (Wildman–Crippen LogP) is 2.31. The van der Waals surface area contributed by atoms with Crippen LogP contribution in [0.4, 0.5) is 0 Å². The highest BCUT2D eigenvalue weighted by Crippen LogP contribution is 2.24. The third-order valence-electron chi connectivity index (χ3n) is 5.43. The fourth-order valence-corrected chi connectivity index (χ4v) is 5.70. The number of rotatable bonds is 4. The Morgan fingerprint density at radius 2 is 1.90 bits per heavy atom. The lowest BCUT2D eigenvalue weighted by atomic mass is 10.1. The van der Waals surface area contributed by atoms with Crippen LogP contribution in [0.1, 0.15) is 23.4 Å². The van der Waals surface area contributed by atoms with Crippen molar-refractivity contribution >= 4 is 26.8 Å². The number of hydrogen-bond donors (Lipinski definition) is 0. The maximum Gasteiger partial charge on any atom is 0.248 e. The van der Waals surface area contributed by atoms with Gasteiger partial charge in [0.25, 0.3) is 0 Å². The summed E-state index contributed by atoms with van der Waals surface area (Å²) < 4.78 is 32.6. The van der Waals surface area contributed by atoms with E-state index in [1.807, 2.05) is 30.3 Å². The lowest BCUT2D eigenvalue weighted by Gasteiger charge is -2.22. The van der Waals surface area contributed by atoms with E-state index in [0.717, 1.165) is 16.5 Å². The van der Waals surface area contributed by atoms with E-state index in [4.69, 9.17) is 4.52 Å². The smallest absolute Gasteiger partial charge is 0.248 e. The molecule has 158 valence electrons. The van der Waals surface area contributed by atoms with E-state index < -0.39 is 10.0 Å². The normalized spacial score (nSPS) is 16.0. The van der Waals surface area contributed by atoms with Crippen molar-refractivity contribution in [3.05, 3.63) is 53.5 Å². The van der Waals surface area contributed by atoms with E-state index in [9.17, 15) is 13.2 Å². The third-order valence-corrected chi connectivity index (χ3v) is 7.58. The van der Waals surface area contributed by atoms with Gasteiger partial charge in [-0.1, -0.05) is 29.4 Å². The number of fused-ring (bicyclic) bond motifs is 1. The number of aromatic nitrogens is 2. The summed E-state index contributed by atoms with van der Waals surface area (Å²) in [6.07, 6.45) is 2.53. The van der Waals surface area contributed by atoms with Gasteiger partial charge in [-0.2, -0.15) is 4.31 Å². The van der Waals surface area contributed by atoms with Crippen molar-refractivity contribution in [2.24, 2.45) is 0 Å². The monoisotopic (exact) mass is 428 g/mol. The molecule has 1 aliphatic rings. The second kappa shape index (κ2) is 8.16. The summed E-state index contributed by atoms with van der Waals surface area (Å²) in [5, 5.41) is 4.76. The molecule has 0 bridgehead atoms. The second-order valence-corrected chi connectivity index (χ2v) is 9.34. The number of hydrogen-bond acceptors (Lipinski definition) is 6. The number of carbonyl (C=O) groups excluding carboxylic acids is 1. The highest BCUT2D eigenvalue weighted by molar-refractivity contribution is 7.89. The van der Waals surface area contributed by atoms with Crippen molar-refractivity contribution in [2.45, 2.75) is 31.6 Å². The molecule has 2 aromatic heterocycles. The molecule has 1 saturated heterocycles. The maximum atomic E-state index is 13.1. The maximum absolute atomic E-state index is 13.1. The van der Waals surface area contributed by atoms with Crippen molar-refractivity contribution in [1.29, 1.82) is 0 Å². The first-order valence-electron chi connectivity index (χ1n) is 9.91. The number of amides is 1. The Morgan fingerprint density at radius 3 is 2.67 bits per heavy atom. The van der Waals surface area contributed by atoms with Crippen molar-refractivity contribution in [1.82, 2.24) is 19.3 Å². The highest BCUT2D eigenvalue weighted by Gasteiger charge is 2.32. The minimum Gasteiger partial charge on any atom is -0.360 e. The molecule has 0 unspecified atom stereocenters. The summed E-state index contributed by atoms with van der Waals surface area (Å²) >= 11 is 0. The molecule has 1 amide bonds. The molecule has 1 aliphatic heterocycles. The zero-order chi connectivity index (χ0) is 21.3. The summed E-state index contributed by atoms with van der Waals surface area (Å²) in [4.78, 5) is 19.2. The molecule has 0 radical (unpaired) electrons. The van der Waals surface area contributed by atoms with Crippen LogP contribution in [0.2, 0.25) is 0 Å². The summed E-state index contributed by atoms with van der Waals surface area (Å²) in [5.74, 6) is 0.262. The first-order chi connectivity index (χ1) is 14.4. The number of pyridine rings is 1. The fourth-order valence-electron chi connectivity index (χ4n) is 3.94. The number of nitrogens with zero attached hydrogens (tertiary/aromatic N) is 4. The van der Waals surface area contributed by atoms with Gasteiger partial charge in [-0.05, 0) is 31.9 Å². The lowest BCUT2D eigenvalue weighted by Crippen LogP contribution is -2.38. The zero-order valence-corrected chi connectivity index (χ0v) is 17.9. The number of benzene rings is 1. The largest absolute Gasteiger partial charge is 0.360 e. The molecule has 0 spiro atoms. The molecule has 0 N–H and O–H groups in total. The quantitative estimate of drug-likeness (QED) is 0.633. The predicted molar refractivity (Wildman–Crippen MR) is 111 cm³/mol. The molecule has 3 heterocycles. The van der Waals surface area contributed by atoms with Crippen molar-refractivity contribution in [2.75, 3.05) is 26.2 Å². The Hall–Kier alpha value is -2.78. The molecule has 1 aromatic carbocycles. The summed E-state index contributed by atoms with van der Waals surface area (Å²) in [6, 6.07) is 9.66. The van der Waals surface area contributed by atoms with Gasteiger partial charge in [-0.15, -0.1) is 0 Å². The fraction of sp³-hybridized carbons (Fsp3) is 0.381. The number of para-hydroxylation sites is 1. The lowest BCUT2D eigenvalue weighted by molar-refractivity contribution is -0.130. The van der Waals surface area contributed by atoms with E-state index in [1.54, 1.807) is 24.9 Å². The molecular weight excluding hydrogens is 404 g/mol.